The molecular weight excluding hydrogens is 328 g/mol. The Balaban J connectivity index is 2.75. The Hall–Kier alpha value is -1.57. The molecule has 24 heavy (non-hydrogen) atoms. The Kier molecular flexibility index (Phi) is 7.26. The lowest BCUT2D eigenvalue weighted by Crippen LogP contribution is -2.50. The molecule has 2 amide bonds. The number of carbonyl (C=O) groups excluding carboxylic acids is 3. The van der Waals surface area contributed by atoms with Crippen molar-refractivity contribution in [1.82, 2.24) is 15.6 Å². The molecule has 7 nitrogen and oxygen atoms in total. The highest BCUT2D eigenvalue weighted by Crippen LogP contribution is 2.16. The number of Topliss-reactive ketones (excluding diaryl/α,β-unsaturated/α-hetero) is 1. The SMILES string of the molecule is CC(C)C[C@H](NC(=O)C(C)(C)C)C(=O)C(=O)N/N=C1\SCCN1C. The van der Waals surface area contributed by atoms with Crippen LogP contribution in [0.3, 0.4) is 0 Å². The van der Waals surface area contributed by atoms with Crippen LogP contribution in [0.5, 0.6) is 0 Å². The van der Waals surface area contributed by atoms with Gasteiger partial charge >= 0.3 is 5.91 Å². The Morgan fingerprint density at radius 2 is 1.92 bits per heavy atom. The van der Waals surface area contributed by atoms with Gasteiger partial charge in [-0.15, -0.1) is 5.10 Å². The average Bonchev–Trinajstić information content (AvgIpc) is 2.87. The van der Waals surface area contributed by atoms with Crippen molar-refractivity contribution in [2.24, 2.45) is 16.4 Å². The van der Waals surface area contributed by atoms with Gasteiger partial charge in [0.1, 0.15) is 0 Å². The predicted octanol–water partition coefficient (Wildman–Crippen LogP) is 1.20. The van der Waals surface area contributed by atoms with Gasteiger partial charge in [0, 0.05) is 24.8 Å². The normalized spacial score (nSPS) is 18.0. The number of hydrazone groups is 1. The maximum Gasteiger partial charge on any atom is 0.309 e. The summed E-state index contributed by atoms with van der Waals surface area (Å²) in [4.78, 5) is 38.6. The summed E-state index contributed by atoms with van der Waals surface area (Å²) in [5.41, 5.74) is 1.68. The molecule has 0 aliphatic carbocycles. The lowest BCUT2D eigenvalue weighted by Gasteiger charge is -2.24. The summed E-state index contributed by atoms with van der Waals surface area (Å²) in [7, 11) is 1.87. The number of hydrogen-bond donors (Lipinski definition) is 2. The molecule has 1 heterocycles. The summed E-state index contributed by atoms with van der Waals surface area (Å²) < 4.78 is 0. The molecule has 0 aromatic rings. The zero-order valence-corrected chi connectivity index (χ0v) is 16.1. The summed E-state index contributed by atoms with van der Waals surface area (Å²) in [5, 5.41) is 7.36. The van der Waals surface area contributed by atoms with Crippen LogP contribution in [0, 0.1) is 11.3 Å². The Bertz CT molecular complexity index is 526. The average molecular weight is 356 g/mol. The summed E-state index contributed by atoms with van der Waals surface area (Å²) >= 11 is 1.52. The van der Waals surface area contributed by atoms with Crippen LogP contribution in [-0.2, 0) is 14.4 Å². The first-order valence-electron chi connectivity index (χ1n) is 8.09. The van der Waals surface area contributed by atoms with Crippen LogP contribution in [0.4, 0.5) is 0 Å². The summed E-state index contributed by atoms with van der Waals surface area (Å²) in [6.07, 6.45) is 0.402. The van der Waals surface area contributed by atoms with Gasteiger partial charge in [0.15, 0.2) is 5.17 Å². The first kappa shape index (κ1) is 20.5. The van der Waals surface area contributed by atoms with Crippen molar-refractivity contribution < 1.29 is 14.4 Å². The van der Waals surface area contributed by atoms with Crippen molar-refractivity contribution in [3.05, 3.63) is 0 Å². The van der Waals surface area contributed by atoms with E-state index >= 15 is 0 Å². The van der Waals surface area contributed by atoms with Gasteiger partial charge in [-0.1, -0.05) is 46.4 Å². The minimum absolute atomic E-state index is 0.162. The van der Waals surface area contributed by atoms with E-state index in [-0.39, 0.29) is 11.8 Å². The first-order chi connectivity index (χ1) is 11.0. The van der Waals surface area contributed by atoms with Crippen molar-refractivity contribution >= 4 is 34.5 Å². The quantitative estimate of drug-likeness (QED) is 0.551. The molecule has 1 fully saturated rings. The number of amidine groups is 1. The molecule has 1 aliphatic heterocycles. The third-order valence-electron chi connectivity index (χ3n) is 3.47. The molecule has 0 unspecified atom stereocenters. The van der Waals surface area contributed by atoms with Crippen LogP contribution < -0.4 is 10.7 Å². The van der Waals surface area contributed by atoms with Crippen LogP contribution in [0.25, 0.3) is 0 Å². The Morgan fingerprint density at radius 3 is 2.38 bits per heavy atom. The van der Waals surface area contributed by atoms with Crippen molar-refractivity contribution in [3.63, 3.8) is 0 Å². The van der Waals surface area contributed by atoms with Gasteiger partial charge in [-0.25, -0.2) is 5.43 Å². The van der Waals surface area contributed by atoms with Crippen LogP contribution in [-0.4, -0.2) is 53.1 Å². The van der Waals surface area contributed by atoms with Gasteiger partial charge in [0.2, 0.25) is 11.7 Å². The minimum Gasteiger partial charge on any atom is -0.352 e. The molecule has 8 heteroatoms. The second-order valence-electron chi connectivity index (χ2n) is 7.38. The fourth-order valence-corrected chi connectivity index (χ4v) is 2.96. The molecule has 0 spiro atoms. The summed E-state index contributed by atoms with van der Waals surface area (Å²) in [6.45, 7) is 10.0. The Morgan fingerprint density at radius 1 is 1.29 bits per heavy atom. The molecule has 0 saturated carbocycles. The topological polar surface area (TPSA) is 90.9 Å². The standard InChI is InChI=1S/C16H28N4O3S/c1-10(2)9-11(17-14(23)16(3,4)5)12(21)13(22)18-19-15-20(6)7-8-24-15/h10-11H,7-9H2,1-6H3,(H,17,23)(H,18,22)/b19-15-/t11-/m0/s1. The third-order valence-corrected chi connectivity index (χ3v) is 4.52. The number of nitrogens with zero attached hydrogens (tertiary/aromatic N) is 2. The van der Waals surface area contributed by atoms with Gasteiger partial charge in [-0.3, -0.25) is 14.4 Å². The first-order valence-corrected chi connectivity index (χ1v) is 9.07. The second-order valence-corrected chi connectivity index (χ2v) is 8.44. The smallest absolute Gasteiger partial charge is 0.309 e. The molecule has 1 saturated heterocycles. The number of rotatable bonds is 6. The minimum atomic E-state index is -0.842. The van der Waals surface area contributed by atoms with E-state index in [9.17, 15) is 14.4 Å². The molecule has 1 atom stereocenters. The molecule has 1 rings (SSSR count). The van der Waals surface area contributed by atoms with Crippen molar-refractivity contribution in [2.45, 2.75) is 47.1 Å². The number of hydrogen-bond acceptors (Lipinski definition) is 5. The van der Waals surface area contributed by atoms with E-state index in [0.29, 0.717) is 11.6 Å². The van der Waals surface area contributed by atoms with Gasteiger partial charge in [0.25, 0.3) is 0 Å². The third kappa shape index (κ3) is 6.14. The van der Waals surface area contributed by atoms with Crippen LogP contribution in [0.1, 0.15) is 41.0 Å². The maximum absolute atomic E-state index is 12.4. The zero-order chi connectivity index (χ0) is 18.5. The maximum atomic E-state index is 12.4. The molecule has 2 N–H and O–H groups in total. The summed E-state index contributed by atoms with van der Waals surface area (Å²) in [5.74, 6) is -0.669. The van der Waals surface area contributed by atoms with E-state index in [2.05, 4.69) is 15.8 Å². The molecule has 136 valence electrons. The number of nitrogens with one attached hydrogen (secondary N) is 2. The fourth-order valence-electron chi connectivity index (χ4n) is 1.99. The number of thioether (sulfide) groups is 1. The highest BCUT2D eigenvalue weighted by atomic mass is 32.2. The van der Waals surface area contributed by atoms with Gasteiger partial charge in [-0.2, -0.15) is 0 Å². The van der Waals surface area contributed by atoms with Crippen molar-refractivity contribution in [3.8, 4) is 0 Å². The number of carbonyl (C=O) groups is 3. The molecule has 1 aliphatic rings. The number of ketones is 1. The lowest BCUT2D eigenvalue weighted by molar-refractivity contribution is -0.141. The second kappa shape index (κ2) is 8.50. The fraction of sp³-hybridized carbons (Fsp3) is 0.750. The van der Waals surface area contributed by atoms with Crippen LogP contribution in [0.2, 0.25) is 0 Å². The molecule has 0 bridgehead atoms. The highest BCUT2D eigenvalue weighted by Gasteiger charge is 2.31. The Labute approximate surface area is 148 Å². The van der Waals surface area contributed by atoms with E-state index in [1.165, 1.54) is 11.8 Å². The van der Waals surface area contributed by atoms with Crippen molar-refractivity contribution in [1.29, 1.82) is 0 Å². The predicted molar refractivity (Wildman–Crippen MR) is 96.5 cm³/mol. The zero-order valence-electron chi connectivity index (χ0n) is 15.3. The van der Waals surface area contributed by atoms with Gasteiger partial charge < -0.3 is 10.2 Å². The molecule has 0 radical (unpaired) electrons. The monoisotopic (exact) mass is 356 g/mol. The van der Waals surface area contributed by atoms with E-state index in [1.807, 2.05) is 25.8 Å². The molecular formula is C16H28N4O3S. The van der Waals surface area contributed by atoms with E-state index < -0.39 is 23.1 Å². The van der Waals surface area contributed by atoms with E-state index in [0.717, 1.165) is 12.3 Å². The van der Waals surface area contributed by atoms with Crippen LogP contribution in [0.15, 0.2) is 5.10 Å². The summed E-state index contributed by atoms with van der Waals surface area (Å²) in [6, 6.07) is -0.842. The largest absolute Gasteiger partial charge is 0.352 e. The van der Waals surface area contributed by atoms with E-state index in [4.69, 9.17) is 0 Å². The van der Waals surface area contributed by atoms with Crippen molar-refractivity contribution in [2.75, 3.05) is 19.3 Å². The lowest BCUT2D eigenvalue weighted by atomic mass is 9.93. The van der Waals surface area contributed by atoms with Gasteiger partial charge in [0.05, 0.1) is 6.04 Å². The molecule has 0 aromatic heterocycles. The van der Waals surface area contributed by atoms with Gasteiger partial charge in [-0.05, 0) is 12.3 Å². The number of amides is 2. The van der Waals surface area contributed by atoms with Crippen LogP contribution >= 0.6 is 11.8 Å². The highest BCUT2D eigenvalue weighted by molar-refractivity contribution is 8.14. The van der Waals surface area contributed by atoms with E-state index in [1.54, 1.807) is 20.8 Å². The molecule has 0 aromatic carbocycles.